The number of benzene rings is 1. The minimum Gasteiger partial charge on any atom is -0.496 e. The van der Waals surface area contributed by atoms with Crippen molar-refractivity contribution >= 4 is 5.97 Å². The summed E-state index contributed by atoms with van der Waals surface area (Å²) < 4.78 is 18.2. The lowest BCUT2D eigenvalue weighted by atomic mass is 9.95. The number of carbonyl (C=O) groups is 1. The maximum Gasteiger partial charge on any atom is 0.303 e. The highest BCUT2D eigenvalue weighted by Crippen LogP contribution is 2.23. The summed E-state index contributed by atoms with van der Waals surface area (Å²) in [6.07, 6.45) is 0.361. The van der Waals surface area contributed by atoms with Crippen LogP contribution in [0.5, 0.6) is 5.75 Å². The minimum atomic E-state index is -0.907. The Bertz CT molecular complexity index is 395. The lowest BCUT2D eigenvalue weighted by molar-refractivity contribution is -0.138. The number of rotatable bonds is 6. The molecule has 0 amide bonds. The number of carboxylic acids is 1. The van der Waals surface area contributed by atoms with Crippen LogP contribution in [0.4, 0.5) is 4.39 Å². The Balaban J connectivity index is 2.84. The van der Waals surface area contributed by atoms with Crippen LogP contribution in [0.2, 0.25) is 0 Å². The first-order chi connectivity index (χ1) is 8.06. The molecule has 94 valence electrons. The van der Waals surface area contributed by atoms with Crippen molar-refractivity contribution in [3.8, 4) is 5.75 Å². The van der Waals surface area contributed by atoms with Crippen molar-refractivity contribution < 1.29 is 19.0 Å². The maximum atomic E-state index is 13.1. The van der Waals surface area contributed by atoms with Crippen molar-refractivity contribution in [1.82, 2.24) is 0 Å². The predicted octanol–water partition coefficient (Wildman–Crippen LogP) is 1.43. The Labute approximate surface area is 99.2 Å². The summed E-state index contributed by atoms with van der Waals surface area (Å²) in [4.78, 5) is 10.6. The molecule has 1 unspecified atom stereocenters. The van der Waals surface area contributed by atoms with Crippen LogP contribution in [0.15, 0.2) is 18.2 Å². The van der Waals surface area contributed by atoms with Gasteiger partial charge >= 0.3 is 5.97 Å². The molecule has 17 heavy (non-hydrogen) atoms. The Morgan fingerprint density at radius 1 is 1.59 bits per heavy atom. The zero-order valence-electron chi connectivity index (χ0n) is 9.65. The molecule has 0 aliphatic carbocycles. The third kappa shape index (κ3) is 4.03. The van der Waals surface area contributed by atoms with Crippen molar-refractivity contribution in [1.29, 1.82) is 0 Å². The number of halogens is 1. The van der Waals surface area contributed by atoms with Crippen molar-refractivity contribution in [2.24, 2.45) is 11.7 Å². The van der Waals surface area contributed by atoms with E-state index < -0.39 is 5.97 Å². The summed E-state index contributed by atoms with van der Waals surface area (Å²) in [6.45, 7) is 0.242. The van der Waals surface area contributed by atoms with E-state index in [9.17, 15) is 9.18 Å². The highest BCUT2D eigenvalue weighted by Gasteiger charge is 2.15. The topological polar surface area (TPSA) is 72.5 Å². The van der Waals surface area contributed by atoms with Gasteiger partial charge in [-0.15, -0.1) is 0 Å². The van der Waals surface area contributed by atoms with Crippen molar-refractivity contribution in [3.05, 3.63) is 29.6 Å². The third-order valence-electron chi connectivity index (χ3n) is 2.55. The highest BCUT2D eigenvalue weighted by molar-refractivity contribution is 5.67. The predicted molar refractivity (Wildman–Crippen MR) is 61.5 cm³/mol. The van der Waals surface area contributed by atoms with E-state index in [0.29, 0.717) is 17.7 Å². The molecule has 0 spiro atoms. The number of ether oxygens (including phenoxy) is 1. The fraction of sp³-hybridized carbons (Fsp3) is 0.417. The van der Waals surface area contributed by atoms with Gasteiger partial charge in [-0.25, -0.2) is 4.39 Å². The number of aliphatic carboxylic acids is 1. The number of hydrogen-bond acceptors (Lipinski definition) is 3. The van der Waals surface area contributed by atoms with Gasteiger partial charge in [0.15, 0.2) is 0 Å². The number of nitrogens with two attached hydrogens (primary N) is 1. The van der Waals surface area contributed by atoms with E-state index in [4.69, 9.17) is 15.6 Å². The molecule has 0 bridgehead atoms. The Hall–Kier alpha value is -1.62. The average molecular weight is 241 g/mol. The molecule has 0 aromatic heterocycles. The maximum absolute atomic E-state index is 13.1. The standard InChI is InChI=1S/C12H16FNO3/c1-17-11-3-2-10(13)6-9(11)4-8(7-14)5-12(15)16/h2-3,6,8H,4-5,7,14H2,1H3,(H,15,16). The molecule has 0 saturated heterocycles. The van der Waals surface area contributed by atoms with E-state index in [1.54, 1.807) is 0 Å². The first-order valence-electron chi connectivity index (χ1n) is 5.31. The van der Waals surface area contributed by atoms with E-state index in [-0.39, 0.29) is 24.7 Å². The molecule has 1 rings (SSSR count). The van der Waals surface area contributed by atoms with Crippen LogP contribution in [-0.4, -0.2) is 24.7 Å². The second-order valence-electron chi connectivity index (χ2n) is 3.86. The molecule has 0 fully saturated rings. The minimum absolute atomic E-state index is 0.0316. The fourth-order valence-corrected chi connectivity index (χ4v) is 1.70. The Kier molecular flexibility index (Phi) is 4.90. The van der Waals surface area contributed by atoms with E-state index in [2.05, 4.69) is 0 Å². The van der Waals surface area contributed by atoms with Gasteiger partial charge in [0.1, 0.15) is 11.6 Å². The largest absolute Gasteiger partial charge is 0.496 e. The van der Waals surface area contributed by atoms with Crippen molar-refractivity contribution in [2.75, 3.05) is 13.7 Å². The van der Waals surface area contributed by atoms with Gasteiger partial charge in [-0.05, 0) is 42.6 Å². The van der Waals surface area contributed by atoms with Crippen LogP contribution < -0.4 is 10.5 Å². The molecule has 0 radical (unpaired) electrons. The Morgan fingerprint density at radius 3 is 2.82 bits per heavy atom. The van der Waals surface area contributed by atoms with Gasteiger partial charge in [-0.2, -0.15) is 0 Å². The quantitative estimate of drug-likeness (QED) is 0.790. The van der Waals surface area contributed by atoms with Crippen LogP contribution in [0.25, 0.3) is 0 Å². The molecule has 5 heteroatoms. The summed E-state index contributed by atoms with van der Waals surface area (Å²) in [5.74, 6) is -0.943. The van der Waals surface area contributed by atoms with Crippen LogP contribution >= 0.6 is 0 Å². The summed E-state index contributed by atoms with van der Waals surface area (Å²) in [7, 11) is 1.49. The molecule has 0 saturated carbocycles. The molecular formula is C12H16FNO3. The first kappa shape index (κ1) is 13.4. The van der Waals surface area contributed by atoms with E-state index in [1.165, 1.54) is 25.3 Å². The van der Waals surface area contributed by atoms with Crippen molar-refractivity contribution in [3.63, 3.8) is 0 Å². The second-order valence-corrected chi connectivity index (χ2v) is 3.86. The van der Waals surface area contributed by atoms with Crippen LogP contribution in [-0.2, 0) is 11.2 Å². The van der Waals surface area contributed by atoms with Crippen LogP contribution in [0.1, 0.15) is 12.0 Å². The first-order valence-corrected chi connectivity index (χ1v) is 5.31. The van der Waals surface area contributed by atoms with Crippen LogP contribution in [0, 0.1) is 11.7 Å². The highest BCUT2D eigenvalue weighted by atomic mass is 19.1. The van der Waals surface area contributed by atoms with Gasteiger partial charge in [-0.1, -0.05) is 0 Å². The number of methoxy groups -OCH3 is 1. The summed E-state index contributed by atoms with van der Waals surface area (Å²) in [5.41, 5.74) is 6.14. The fourth-order valence-electron chi connectivity index (χ4n) is 1.70. The summed E-state index contributed by atoms with van der Waals surface area (Å²) in [5, 5.41) is 8.71. The van der Waals surface area contributed by atoms with Gasteiger partial charge < -0.3 is 15.6 Å². The van der Waals surface area contributed by atoms with Gasteiger partial charge in [-0.3, -0.25) is 4.79 Å². The monoisotopic (exact) mass is 241 g/mol. The van der Waals surface area contributed by atoms with Gasteiger partial charge in [0.05, 0.1) is 7.11 Å². The molecular weight excluding hydrogens is 225 g/mol. The van der Waals surface area contributed by atoms with E-state index >= 15 is 0 Å². The third-order valence-corrected chi connectivity index (χ3v) is 2.55. The number of carboxylic acid groups (broad SMARTS) is 1. The van der Waals surface area contributed by atoms with Gasteiger partial charge in [0.25, 0.3) is 0 Å². The molecule has 1 atom stereocenters. The molecule has 1 aromatic rings. The lowest BCUT2D eigenvalue weighted by Crippen LogP contribution is -2.20. The second kappa shape index (κ2) is 6.20. The Morgan fingerprint density at radius 2 is 2.29 bits per heavy atom. The number of hydrogen-bond donors (Lipinski definition) is 2. The zero-order valence-corrected chi connectivity index (χ0v) is 9.65. The van der Waals surface area contributed by atoms with Crippen molar-refractivity contribution in [2.45, 2.75) is 12.8 Å². The summed E-state index contributed by atoms with van der Waals surface area (Å²) in [6, 6.07) is 4.18. The summed E-state index contributed by atoms with van der Waals surface area (Å²) >= 11 is 0. The lowest BCUT2D eigenvalue weighted by Gasteiger charge is -2.14. The average Bonchev–Trinajstić information content (AvgIpc) is 2.28. The van der Waals surface area contributed by atoms with Crippen LogP contribution in [0.3, 0.4) is 0 Å². The molecule has 0 heterocycles. The van der Waals surface area contributed by atoms with E-state index in [1.807, 2.05) is 0 Å². The SMILES string of the molecule is COc1ccc(F)cc1CC(CN)CC(=O)O. The molecule has 0 aliphatic heterocycles. The van der Waals surface area contributed by atoms with Gasteiger partial charge in [0, 0.05) is 6.42 Å². The van der Waals surface area contributed by atoms with E-state index in [0.717, 1.165) is 0 Å². The molecule has 4 nitrogen and oxygen atoms in total. The normalized spacial score (nSPS) is 12.2. The molecule has 1 aromatic carbocycles. The smallest absolute Gasteiger partial charge is 0.303 e. The zero-order chi connectivity index (χ0) is 12.8. The molecule has 0 aliphatic rings. The molecule has 3 N–H and O–H groups in total. The van der Waals surface area contributed by atoms with Gasteiger partial charge in [0.2, 0.25) is 0 Å².